The fraction of sp³-hybridized carbons (Fsp3) is 0.471. The van der Waals surface area contributed by atoms with Crippen molar-refractivity contribution >= 4 is 55.6 Å². The van der Waals surface area contributed by atoms with Crippen molar-refractivity contribution in [3.05, 3.63) is 32.4 Å². The highest BCUT2D eigenvalue weighted by Crippen LogP contribution is 2.39. The van der Waals surface area contributed by atoms with Gasteiger partial charge in [-0.05, 0) is 66.3 Å². The van der Waals surface area contributed by atoms with Gasteiger partial charge in [0.15, 0.2) is 5.11 Å². The van der Waals surface area contributed by atoms with Gasteiger partial charge in [0.1, 0.15) is 5.00 Å². The number of thiocarbonyl (C=S) groups is 1. The molecule has 2 N–H and O–H groups in total. The van der Waals surface area contributed by atoms with Crippen LogP contribution in [0.5, 0.6) is 0 Å². The zero-order valence-corrected chi connectivity index (χ0v) is 17.9. The molecule has 2 heterocycles. The van der Waals surface area contributed by atoms with Crippen LogP contribution in [0.15, 0.2) is 10.7 Å². The number of carbonyl (C=O) groups excluding carboxylic acids is 1. The van der Waals surface area contributed by atoms with E-state index in [0.29, 0.717) is 10.7 Å². The molecule has 6 nitrogen and oxygen atoms in total. The summed E-state index contributed by atoms with van der Waals surface area (Å²) in [6.07, 6.45) is 5.90. The molecule has 0 saturated carbocycles. The van der Waals surface area contributed by atoms with E-state index in [0.717, 1.165) is 59.5 Å². The predicted molar refractivity (Wildman–Crippen MR) is 111 cm³/mol. The number of hydrogen-bond acceptors (Lipinski definition) is 5. The minimum atomic E-state index is -0.297. The number of nitrogens with zero attached hydrogens (tertiary/aromatic N) is 2. The number of halogens is 1. The van der Waals surface area contributed by atoms with Crippen molar-refractivity contribution in [2.45, 2.75) is 39.2 Å². The highest BCUT2D eigenvalue weighted by Gasteiger charge is 2.27. The Hall–Kier alpha value is -1.45. The van der Waals surface area contributed by atoms with Crippen LogP contribution in [-0.4, -0.2) is 34.5 Å². The molecule has 0 fully saturated rings. The molecular formula is C17H21BrN4O2S2. The second-order valence-corrected chi connectivity index (χ2v) is 8.48. The van der Waals surface area contributed by atoms with Crippen LogP contribution in [-0.2, 0) is 24.1 Å². The van der Waals surface area contributed by atoms with Crippen LogP contribution in [0.3, 0.4) is 0 Å². The third kappa shape index (κ3) is 4.27. The fourth-order valence-electron chi connectivity index (χ4n) is 3.01. The molecule has 26 heavy (non-hydrogen) atoms. The molecule has 2 aromatic heterocycles. The first kappa shape index (κ1) is 19.3. The molecule has 0 saturated heterocycles. The number of anilines is 1. The number of carbonyl (C=O) groups is 1. The van der Waals surface area contributed by atoms with E-state index in [9.17, 15) is 4.79 Å². The van der Waals surface area contributed by atoms with Gasteiger partial charge in [-0.3, -0.25) is 4.68 Å². The largest absolute Gasteiger partial charge is 0.465 e. The summed E-state index contributed by atoms with van der Waals surface area (Å²) in [6.45, 7) is 3.50. The lowest BCUT2D eigenvalue weighted by atomic mass is 10.1. The Morgan fingerprint density at radius 3 is 3.00 bits per heavy atom. The van der Waals surface area contributed by atoms with E-state index in [1.807, 2.05) is 17.8 Å². The minimum absolute atomic E-state index is 0.297. The second kappa shape index (κ2) is 8.49. The smallest absolute Gasteiger partial charge is 0.341 e. The fourth-order valence-corrected chi connectivity index (χ4v) is 4.87. The van der Waals surface area contributed by atoms with Gasteiger partial charge in [0.05, 0.1) is 22.8 Å². The predicted octanol–water partition coefficient (Wildman–Crippen LogP) is 3.67. The maximum Gasteiger partial charge on any atom is 0.341 e. The highest BCUT2D eigenvalue weighted by atomic mass is 79.9. The molecule has 2 aromatic rings. The lowest BCUT2D eigenvalue weighted by Crippen LogP contribution is -2.30. The summed E-state index contributed by atoms with van der Waals surface area (Å²) in [7, 11) is 1.41. The monoisotopic (exact) mass is 456 g/mol. The molecule has 3 rings (SSSR count). The van der Waals surface area contributed by atoms with Gasteiger partial charge >= 0.3 is 5.97 Å². The highest BCUT2D eigenvalue weighted by molar-refractivity contribution is 9.10. The number of aromatic nitrogens is 2. The first-order valence-electron chi connectivity index (χ1n) is 8.47. The van der Waals surface area contributed by atoms with Gasteiger partial charge in [0.25, 0.3) is 0 Å². The van der Waals surface area contributed by atoms with E-state index in [1.54, 1.807) is 11.3 Å². The molecule has 0 unspecified atom stereocenters. The molecule has 0 amide bonds. The Morgan fingerprint density at radius 2 is 2.31 bits per heavy atom. The first-order chi connectivity index (χ1) is 12.5. The van der Waals surface area contributed by atoms with Crippen molar-refractivity contribution in [2.75, 3.05) is 19.0 Å². The number of esters is 1. The SMILES string of the molecule is COC(=O)c1c(NC(=S)NCCCn2cc(Br)c(C)n2)sc2c1CCC2. The zero-order valence-electron chi connectivity index (χ0n) is 14.7. The molecule has 0 radical (unpaired) electrons. The van der Waals surface area contributed by atoms with Gasteiger partial charge in [-0.25, -0.2) is 4.79 Å². The summed E-state index contributed by atoms with van der Waals surface area (Å²) in [5, 5.41) is 12.1. The van der Waals surface area contributed by atoms with Gasteiger partial charge < -0.3 is 15.4 Å². The molecule has 9 heteroatoms. The number of aryl methyl sites for hydroxylation is 3. The van der Waals surface area contributed by atoms with Crippen LogP contribution in [0.25, 0.3) is 0 Å². The van der Waals surface area contributed by atoms with Crippen molar-refractivity contribution in [1.29, 1.82) is 0 Å². The first-order valence-corrected chi connectivity index (χ1v) is 10.5. The Morgan fingerprint density at radius 1 is 1.50 bits per heavy atom. The Labute approximate surface area is 170 Å². The average molecular weight is 457 g/mol. The van der Waals surface area contributed by atoms with Gasteiger partial charge in [0, 0.05) is 24.2 Å². The van der Waals surface area contributed by atoms with Crippen molar-refractivity contribution in [1.82, 2.24) is 15.1 Å². The standard InChI is InChI=1S/C17H21BrN4O2S2/c1-10-12(18)9-22(21-10)8-4-7-19-17(25)20-15-14(16(23)24-2)11-5-3-6-13(11)26-15/h9H,3-8H2,1-2H3,(H2,19,20,25). The second-order valence-electron chi connectivity index (χ2n) is 6.11. The molecule has 1 aliphatic carbocycles. The lowest BCUT2D eigenvalue weighted by molar-refractivity contribution is 0.0601. The van der Waals surface area contributed by atoms with Gasteiger partial charge in [0.2, 0.25) is 0 Å². The normalized spacial score (nSPS) is 12.7. The number of fused-ring (bicyclic) bond motifs is 1. The van der Waals surface area contributed by atoms with E-state index < -0.39 is 0 Å². The number of nitrogens with one attached hydrogen (secondary N) is 2. The summed E-state index contributed by atoms with van der Waals surface area (Å²) in [4.78, 5) is 13.4. The Balaban J connectivity index is 1.53. The summed E-state index contributed by atoms with van der Waals surface area (Å²) in [6, 6.07) is 0. The van der Waals surface area contributed by atoms with Gasteiger partial charge in [-0.2, -0.15) is 5.10 Å². The van der Waals surface area contributed by atoms with Crippen LogP contribution >= 0.6 is 39.5 Å². The molecule has 0 bridgehead atoms. The van der Waals surface area contributed by atoms with Gasteiger partial charge in [-0.1, -0.05) is 0 Å². The molecule has 0 aromatic carbocycles. The summed E-state index contributed by atoms with van der Waals surface area (Å²) < 4.78 is 7.88. The summed E-state index contributed by atoms with van der Waals surface area (Å²) >= 11 is 10.4. The molecule has 1 aliphatic rings. The minimum Gasteiger partial charge on any atom is -0.465 e. The number of ether oxygens (including phenoxy) is 1. The van der Waals surface area contributed by atoms with Crippen LogP contribution < -0.4 is 10.6 Å². The zero-order chi connectivity index (χ0) is 18.7. The van der Waals surface area contributed by atoms with Crippen molar-refractivity contribution < 1.29 is 9.53 Å². The van der Waals surface area contributed by atoms with Crippen LogP contribution in [0.1, 0.15) is 39.3 Å². The maximum atomic E-state index is 12.2. The number of rotatable bonds is 6. The third-order valence-electron chi connectivity index (χ3n) is 4.27. The molecule has 0 atom stereocenters. The van der Waals surface area contributed by atoms with E-state index in [4.69, 9.17) is 17.0 Å². The van der Waals surface area contributed by atoms with E-state index in [-0.39, 0.29) is 5.97 Å². The maximum absolute atomic E-state index is 12.2. The van der Waals surface area contributed by atoms with Crippen molar-refractivity contribution in [3.63, 3.8) is 0 Å². The van der Waals surface area contributed by atoms with Gasteiger partial charge in [-0.15, -0.1) is 11.3 Å². The van der Waals surface area contributed by atoms with Crippen LogP contribution in [0.4, 0.5) is 5.00 Å². The third-order valence-corrected chi connectivity index (χ3v) is 6.51. The summed E-state index contributed by atoms with van der Waals surface area (Å²) in [5.41, 5.74) is 2.74. The van der Waals surface area contributed by atoms with Crippen LogP contribution in [0, 0.1) is 6.92 Å². The quantitative estimate of drug-likeness (QED) is 0.392. The van der Waals surface area contributed by atoms with E-state index in [2.05, 4.69) is 31.7 Å². The lowest BCUT2D eigenvalue weighted by Gasteiger charge is -2.11. The molecule has 0 spiro atoms. The van der Waals surface area contributed by atoms with Crippen molar-refractivity contribution in [3.8, 4) is 0 Å². The number of hydrogen-bond donors (Lipinski definition) is 2. The average Bonchev–Trinajstić information content (AvgIpc) is 3.26. The van der Waals surface area contributed by atoms with E-state index in [1.165, 1.54) is 12.0 Å². The Kier molecular flexibility index (Phi) is 6.31. The van der Waals surface area contributed by atoms with Crippen molar-refractivity contribution in [2.24, 2.45) is 0 Å². The molecule has 140 valence electrons. The summed E-state index contributed by atoms with van der Waals surface area (Å²) in [5.74, 6) is -0.297. The number of methoxy groups -OCH3 is 1. The van der Waals surface area contributed by atoms with Crippen LogP contribution in [0.2, 0.25) is 0 Å². The molecular weight excluding hydrogens is 436 g/mol. The van der Waals surface area contributed by atoms with E-state index >= 15 is 0 Å². The Bertz CT molecular complexity index is 812. The molecule has 0 aliphatic heterocycles. The number of thiophene rings is 1. The topological polar surface area (TPSA) is 68.2 Å².